The summed E-state index contributed by atoms with van der Waals surface area (Å²) in [6.07, 6.45) is -0.857. The zero-order chi connectivity index (χ0) is 25.8. The first kappa shape index (κ1) is 28.2. The van der Waals surface area contributed by atoms with Gasteiger partial charge in [-0.15, -0.1) is 0 Å². The minimum atomic E-state index is -1.33. The molecule has 9 heteroatoms. The average molecular weight is 466 g/mol. The first-order valence-corrected chi connectivity index (χ1v) is 10.9. The van der Waals surface area contributed by atoms with Crippen molar-refractivity contribution in [3.8, 4) is 5.75 Å². The Morgan fingerprint density at radius 1 is 0.970 bits per heavy atom. The van der Waals surface area contributed by atoms with Gasteiger partial charge in [-0.25, -0.2) is 4.79 Å². The number of rotatable bonds is 6. The fourth-order valence-electron chi connectivity index (χ4n) is 3.16. The quantitative estimate of drug-likeness (QED) is 0.511. The molecule has 2 unspecified atom stereocenters. The maximum Gasteiger partial charge on any atom is 0.408 e. The molecule has 0 aliphatic heterocycles. The number of nitrogens with one attached hydrogen (secondary N) is 2. The van der Waals surface area contributed by atoms with Crippen molar-refractivity contribution in [2.75, 3.05) is 6.61 Å². The number of phenols is 1. The van der Waals surface area contributed by atoms with E-state index in [1.807, 2.05) is 20.8 Å². The lowest BCUT2D eigenvalue weighted by Crippen LogP contribution is -2.60. The van der Waals surface area contributed by atoms with Crippen LogP contribution in [0.2, 0.25) is 0 Å². The Morgan fingerprint density at radius 3 is 1.88 bits per heavy atom. The SMILES string of the molecule is CC(C)(C)NC(=O)C(c1ccc(O)cc1)N(C(=O)C(CO)NC(=O)OC(C)(C)C)C(C)(C)C. The van der Waals surface area contributed by atoms with E-state index < -0.39 is 53.3 Å². The number of alkyl carbamates (subject to hydrolysis) is 1. The zero-order valence-corrected chi connectivity index (χ0v) is 21.1. The van der Waals surface area contributed by atoms with E-state index in [0.29, 0.717) is 5.56 Å². The van der Waals surface area contributed by atoms with E-state index in [1.54, 1.807) is 53.7 Å². The number of aliphatic hydroxyl groups excluding tert-OH is 1. The second kappa shape index (κ2) is 10.4. The third-order valence-electron chi connectivity index (χ3n) is 4.35. The lowest BCUT2D eigenvalue weighted by Gasteiger charge is -2.43. The number of nitrogens with zero attached hydrogens (tertiary/aromatic N) is 1. The second-order valence-corrected chi connectivity index (χ2v) is 11.0. The molecule has 0 aromatic heterocycles. The molecule has 0 aliphatic carbocycles. The van der Waals surface area contributed by atoms with E-state index in [1.165, 1.54) is 17.0 Å². The van der Waals surface area contributed by atoms with Crippen molar-refractivity contribution in [3.05, 3.63) is 29.8 Å². The molecule has 0 aliphatic rings. The lowest BCUT2D eigenvalue weighted by molar-refractivity contribution is -0.149. The molecule has 1 aromatic rings. The third kappa shape index (κ3) is 8.92. The molecule has 3 amide bonds. The number of hydrogen-bond donors (Lipinski definition) is 4. The predicted molar refractivity (Wildman–Crippen MR) is 126 cm³/mol. The van der Waals surface area contributed by atoms with Gasteiger partial charge in [0.1, 0.15) is 23.4 Å². The van der Waals surface area contributed by atoms with E-state index in [-0.39, 0.29) is 5.75 Å². The van der Waals surface area contributed by atoms with Crippen molar-refractivity contribution in [1.29, 1.82) is 0 Å². The Labute approximate surface area is 196 Å². The van der Waals surface area contributed by atoms with Crippen molar-refractivity contribution in [2.24, 2.45) is 0 Å². The monoisotopic (exact) mass is 465 g/mol. The van der Waals surface area contributed by atoms with Crippen molar-refractivity contribution < 1.29 is 29.3 Å². The third-order valence-corrected chi connectivity index (χ3v) is 4.35. The summed E-state index contributed by atoms with van der Waals surface area (Å²) in [6, 6.07) is 3.56. The summed E-state index contributed by atoms with van der Waals surface area (Å²) < 4.78 is 5.22. The van der Waals surface area contributed by atoms with E-state index in [4.69, 9.17) is 4.74 Å². The van der Waals surface area contributed by atoms with Crippen LogP contribution in [0.4, 0.5) is 4.79 Å². The van der Waals surface area contributed by atoms with Crippen LogP contribution in [0.25, 0.3) is 0 Å². The van der Waals surface area contributed by atoms with Gasteiger partial charge in [-0.2, -0.15) is 0 Å². The zero-order valence-electron chi connectivity index (χ0n) is 21.1. The van der Waals surface area contributed by atoms with Gasteiger partial charge in [-0.05, 0) is 80.0 Å². The van der Waals surface area contributed by atoms with E-state index in [2.05, 4.69) is 10.6 Å². The molecule has 1 rings (SSSR count). The number of phenolic OH excluding ortho intramolecular Hbond substituents is 1. The number of aliphatic hydroxyl groups is 1. The van der Waals surface area contributed by atoms with Gasteiger partial charge in [-0.1, -0.05) is 12.1 Å². The second-order valence-electron chi connectivity index (χ2n) is 11.0. The van der Waals surface area contributed by atoms with Crippen molar-refractivity contribution in [2.45, 2.75) is 91.1 Å². The van der Waals surface area contributed by atoms with Gasteiger partial charge in [0.25, 0.3) is 0 Å². The summed E-state index contributed by atoms with van der Waals surface area (Å²) in [5, 5.41) is 24.9. The molecule has 2 atom stereocenters. The van der Waals surface area contributed by atoms with Crippen LogP contribution in [-0.4, -0.2) is 62.3 Å². The average Bonchev–Trinajstić information content (AvgIpc) is 2.60. The smallest absolute Gasteiger partial charge is 0.408 e. The highest BCUT2D eigenvalue weighted by atomic mass is 16.6. The van der Waals surface area contributed by atoms with Crippen LogP contribution in [0, 0.1) is 0 Å². The fourth-order valence-corrected chi connectivity index (χ4v) is 3.16. The van der Waals surface area contributed by atoms with E-state index >= 15 is 0 Å². The predicted octanol–water partition coefficient (Wildman–Crippen LogP) is 2.86. The molecule has 0 spiro atoms. The van der Waals surface area contributed by atoms with E-state index in [0.717, 1.165) is 0 Å². The highest BCUT2D eigenvalue weighted by molar-refractivity contribution is 5.93. The molecule has 0 fully saturated rings. The number of benzene rings is 1. The highest BCUT2D eigenvalue weighted by Gasteiger charge is 2.42. The number of carbonyl (C=O) groups is 3. The van der Waals surface area contributed by atoms with Crippen molar-refractivity contribution in [3.63, 3.8) is 0 Å². The van der Waals surface area contributed by atoms with Gasteiger partial charge in [-0.3, -0.25) is 9.59 Å². The normalized spacial score (nSPS) is 14.1. The molecule has 4 N–H and O–H groups in total. The Kier molecular flexibility index (Phi) is 8.91. The number of aromatic hydroxyl groups is 1. The van der Waals surface area contributed by atoms with Crippen molar-refractivity contribution >= 4 is 17.9 Å². The van der Waals surface area contributed by atoms with Crippen LogP contribution in [0.5, 0.6) is 5.75 Å². The van der Waals surface area contributed by atoms with Crippen LogP contribution >= 0.6 is 0 Å². The van der Waals surface area contributed by atoms with Crippen LogP contribution in [0.1, 0.15) is 73.9 Å². The van der Waals surface area contributed by atoms with Gasteiger partial charge in [0, 0.05) is 11.1 Å². The van der Waals surface area contributed by atoms with Crippen molar-refractivity contribution in [1.82, 2.24) is 15.5 Å². The largest absolute Gasteiger partial charge is 0.508 e. The van der Waals surface area contributed by atoms with Gasteiger partial charge in [0.15, 0.2) is 0 Å². The standard InChI is InChI=1S/C24H39N3O6/c1-22(2,3)26-19(30)18(15-10-12-16(29)13-11-15)27(23(4,5)6)20(31)17(14-28)25-21(32)33-24(7,8)9/h10-13,17-18,28-29H,14H2,1-9H3,(H,25,32)(H,26,30). The van der Waals surface area contributed by atoms with Crippen LogP contribution < -0.4 is 10.6 Å². The van der Waals surface area contributed by atoms with Crippen LogP contribution in [-0.2, 0) is 14.3 Å². The summed E-state index contributed by atoms with van der Waals surface area (Å²) in [7, 11) is 0. The molecular formula is C24H39N3O6. The van der Waals surface area contributed by atoms with Gasteiger partial charge < -0.3 is 30.5 Å². The summed E-state index contributed by atoms with van der Waals surface area (Å²) in [5.74, 6) is -1.08. The summed E-state index contributed by atoms with van der Waals surface area (Å²) in [5.41, 5.74) is -1.79. The summed E-state index contributed by atoms with van der Waals surface area (Å²) in [4.78, 5) is 40.7. The highest BCUT2D eigenvalue weighted by Crippen LogP contribution is 2.31. The van der Waals surface area contributed by atoms with E-state index in [9.17, 15) is 24.6 Å². The first-order chi connectivity index (χ1) is 14.9. The Bertz CT molecular complexity index is 832. The molecule has 0 bridgehead atoms. The molecule has 1 aromatic carbocycles. The molecule has 33 heavy (non-hydrogen) atoms. The van der Waals surface area contributed by atoms with Crippen LogP contribution in [0.3, 0.4) is 0 Å². The summed E-state index contributed by atoms with van der Waals surface area (Å²) in [6.45, 7) is 15.1. The molecule has 0 heterocycles. The molecule has 0 saturated heterocycles. The minimum Gasteiger partial charge on any atom is -0.508 e. The Morgan fingerprint density at radius 2 is 1.48 bits per heavy atom. The number of amides is 3. The van der Waals surface area contributed by atoms with Gasteiger partial charge in [0.2, 0.25) is 11.8 Å². The van der Waals surface area contributed by atoms with Gasteiger partial charge in [0.05, 0.1) is 6.61 Å². The number of hydrogen-bond acceptors (Lipinski definition) is 6. The Hall–Kier alpha value is -2.81. The number of carbonyl (C=O) groups excluding carboxylic acids is 3. The Balaban J connectivity index is 3.48. The topological polar surface area (TPSA) is 128 Å². The first-order valence-electron chi connectivity index (χ1n) is 10.9. The number of ether oxygens (including phenoxy) is 1. The molecular weight excluding hydrogens is 426 g/mol. The van der Waals surface area contributed by atoms with Crippen LogP contribution in [0.15, 0.2) is 24.3 Å². The molecule has 0 radical (unpaired) electrons. The molecule has 186 valence electrons. The summed E-state index contributed by atoms with van der Waals surface area (Å²) >= 11 is 0. The minimum absolute atomic E-state index is 0.0159. The lowest BCUT2D eigenvalue weighted by atomic mass is 9.94. The molecule has 9 nitrogen and oxygen atoms in total. The molecule has 0 saturated carbocycles. The maximum absolute atomic E-state index is 13.6. The maximum atomic E-state index is 13.6. The van der Waals surface area contributed by atoms with Gasteiger partial charge >= 0.3 is 6.09 Å². The fraction of sp³-hybridized carbons (Fsp3) is 0.625.